The molecule has 2 amide bonds. The molecule has 0 unspecified atom stereocenters. The molecule has 0 saturated carbocycles. The first-order valence-electron chi connectivity index (χ1n) is 5.47. The van der Waals surface area contributed by atoms with Gasteiger partial charge < -0.3 is 9.80 Å². The quantitative estimate of drug-likeness (QED) is 0.721. The Morgan fingerprint density at radius 1 is 1.28 bits per heavy atom. The number of carbonyl (C=O) groups excluding carboxylic acids is 2. The van der Waals surface area contributed by atoms with Crippen LogP contribution in [0.15, 0.2) is 6.07 Å². The lowest BCUT2D eigenvalue weighted by molar-refractivity contribution is -0.149. The largest absolute Gasteiger partial charge is 0.335 e. The Morgan fingerprint density at radius 2 is 2.00 bits per heavy atom. The Hall–Kier alpha value is -1.69. The van der Waals surface area contributed by atoms with Gasteiger partial charge in [-0.2, -0.15) is 0 Å². The first-order valence-corrected chi connectivity index (χ1v) is 5.85. The third kappa shape index (κ3) is 2.76. The fraction of sp³-hybridized carbons (Fsp3) is 0.455. The van der Waals surface area contributed by atoms with Crippen molar-refractivity contribution in [2.45, 2.75) is 13.5 Å². The monoisotopic (exact) mass is 268 g/mol. The molecule has 1 aliphatic rings. The van der Waals surface area contributed by atoms with Crippen molar-refractivity contribution in [1.29, 1.82) is 0 Å². The number of piperazine rings is 1. The number of likely N-dealkylation sites (N-methyl/N-ethyl adjacent to an activating group) is 1. The Bertz CT molecular complexity index is 486. The standard InChI is InChI=1S/C11H13ClN4O2/c1-7-3-8(12)14-9(13-7)4-16-6-10(17)15(2)5-11(16)18/h3H,4-6H2,1-2H3. The van der Waals surface area contributed by atoms with Crippen LogP contribution in [0.5, 0.6) is 0 Å². The van der Waals surface area contributed by atoms with Crippen molar-refractivity contribution in [3.05, 3.63) is 22.7 Å². The predicted octanol–water partition coefficient (Wildman–Crippen LogP) is 0.239. The van der Waals surface area contributed by atoms with Crippen LogP contribution in [0.4, 0.5) is 0 Å². The summed E-state index contributed by atoms with van der Waals surface area (Å²) in [5, 5.41) is 0.338. The molecule has 6 nitrogen and oxygen atoms in total. The van der Waals surface area contributed by atoms with Crippen LogP contribution >= 0.6 is 11.6 Å². The third-order valence-electron chi connectivity index (χ3n) is 2.68. The summed E-state index contributed by atoms with van der Waals surface area (Å²) in [6.45, 7) is 2.16. The highest BCUT2D eigenvalue weighted by Gasteiger charge is 2.27. The Kier molecular flexibility index (Phi) is 3.47. The van der Waals surface area contributed by atoms with Crippen molar-refractivity contribution in [3.8, 4) is 0 Å². The number of hydrogen-bond donors (Lipinski definition) is 0. The minimum Gasteiger partial charge on any atom is -0.335 e. The number of amides is 2. The predicted molar refractivity (Wildman–Crippen MR) is 64.8 cm³/mol. The molecular formula is C11H13ClN4O2. The molecule has 0 atom stereocenters. The van der Waals surface area contributed by atoms with Crippen LogP contribution in [-0.2, 0) is 16.1 Å². The Balaban J connectivity index is 2.13. The van der Waals surface area contributed by atoms with Gasteiger partial charge in [-0.25, -0.2) is 9.97 Å². The van der Waals surface area contributed by atoms with Gasteiger partial charge in [0.25, 0.3) is 0 Å². The van der Waals surface area contributed by atoms with Crippen LogP contribution < -0.4 is 0 Å². The maximum absolute atomic E-state index is 11.8. The lowest BCUT2D eigenvalue weighted by Crippen LogP contribution is -2.51. The first-order chi connectivity index (χ1) is 8.45. The summed E-state index contributed by atoms with van der Waals surface area (Å²) in [7, 11) is 1.61. The van der Waals surface area contributed by atoms with E-state index in [1.54, 1.807) is 20.0 Å². The highest BCUT2D eigenvalue weighted by molar-refractivity contribution is 6.29. The second kappa shape index (κ2) is 4.89. The van der Waals surface area contributed by atoms with Crippen molar-refractivity contribution in [3.63, 3.8) is 0 Å². The Labute approximate surface area is 110 Å². The smallest absolute Gasteiger partial charge is 0.243 e. The van der Waals surface area contributed by atoms with Crippen LogP contribution in [0.3, 0.4) is 0 Å². The lowest BCUT2D eigenvalue weighted by Gasteiger charge is -2.31. The van der Waals surface area contributed by atoms with E-state index < -0.39 is 0 Å². The van der Waals surface area contributed by atoms with Gasteiger partial charge in [0, 0.05) is 12.7 Å². The second-order valence-corrected chi connectivity index (χ2v) is 4.64. The highest BCUT2D eigenvalue weighted by atomic mass is 35.5. The van der Waals surface area contributed by atoms with Crippen molar-refractivity contribution < 1.29 is 9.59 Å². The molecule has 1 aliphatic heterocycles. The van der Waals surface area contributed by atoms with Crippen LogP contribution in [0.2, 0.25) is 5.15 Å². The summed E-state index contributed by atoms with van der Waals surface area (Å²) in [5.41, 5.74) is 0.734. The summed E-state index contributed by atoms with van der Waals surface area (Å²) in [6.07, 6.45) is 0. The molecular weight excluding hydrogens is 256 g/mol. The van der Waals surface area contributed by atoms with Gasteiger partial charge in [-0.3, -0.25) is 9.59 Å². The molecule has 0 aromatic carbocycles. The molecule has 2 rings (SSSR count). The second-order valence-electron chi connectivity index (χ2n) is 4.25. The number of aromatic nitrogens is 2. The molecule has 0 N–H and O–H groups in total. The van der Waals surface area contributed by atoms with Crippen LogP contribution in [0, 0.1) is 6.92 Å². The first kappa shape index (κ1) is 12.8. The summed E-state index contributed by atoms with van der Waals surface area (Å²) < 4.78 is 0. The molecule has 18 heavy (non-hydrogen) atoms. The normalized spacial score (nSPS) is 16.4. The third-order valence-corrected chi connectivity index (χ3v) is 2.87. The van der Waals surface area contributed by atoms with Crippen LogP contribution in [0.25, 0.3) is 0 Å². The number of nitrogens with zero attached hydrogens (tertiary/aromatic N) is 4. The van der Waals surface area contributed by atoms with E-state index in [9.17, 15) is 9.59 Å². The van der Waals surface area contributed by atoms with Gasteiger partial charge in [-0.15, -0.1) is 0 Å². The minimum absolute atomic E-state index is 0.0598. The maximum Gasteiger partial charge on any atom is 0.243 e. The zero-order valence-corrected chi connectivity index (χ0v) is 10.9. The zero-order valence-electron chi connectivity index (χ0n) is 10.2. The van der Waals surface area contributed by atoms with Crippen LogP contribution in [0.1, 0.15) is 11.5 Å². The Morgan fingerprint density at radius 3 is 2.67 bits per heavy atom. The molecule has 1 saturated heterocycles. The number of carbonyl (C=O) groups is 2. The van der Waals surface area contributed by atoms with Gasteiger partial charge in [0.05, 0.1) is 13.1 Å². The van der Waals surface area contributed by atoms with Gasteiger partial charge in [0.2, 0.25) is 11.8 Å². The molecule has 2 heterocycles. The molecule has 0 radical (unpaired) electrons. The van der Waals surface area contributed by atoms with Gasteiger partial charge in [-0.1, -0.05) is 11.6 Å². The van der Waals surface area contributed by atoms with E-state index >= 15 is 0 Å². The van der Waals surface area contributed by atoms with E-state index in [4.69, 9.17) is 11.6 Å². The van der Waals surface area contributed by atoms with Crippen molar-refractivity contribution >= 4 is 23.4 Å². The topological polar surface area (TPSA) is 66.4 Å². The summed E-state index contributed by atoms with van der Waals surface area (Å²) in [5.74, 6) is 0.248. The molecule has 1 aromatic heterocycles. The number of halogens is 1. The molecule has 1 aromatic rings. The van der Waals surface area contributed by atoms with Gasteiger partial charge in [0.15, 0.2) is 0 Å². The van der Waals surface area contributed by atoms with Crippen LogP contribution in [-0.4, -0.2) is 51.7 Å². The van der Waals surface area contributed by atoms with E-state index in [1.807, 2.05) is 0 Å². The summed E-state index contributed by atoms with van der Waals surface area (Å²) >= 11 is 5.83. The van der Waals surface area contributed by atoms with Crippen molar-refractivity contribution in [2.24, 2.45) is 0 Å². The van der Waals surface area contributed by atoms with E-state index in [1.165, 1.54) is 9.80 Å². The maximum atomic E-state index is 11.8. The highest BCUT2D eigenvalue weighted by Crippen LogP contribution is 2.10. The van der Waals surface area contributed by atoms with Crippen molar-refractivity contribution in [2.75, 3.05) is 20.1 Å². The number of rotatable bonds is 2. The lowest BCUT2D eigenvalue weighted by atomic mass is 10.3. The molecule has 0 spiro atoms. The summed E-state index contributed by atoms with van der Waals surface area (Å²) in [6, 6.07) is 1.64. The van der Waals surface area contributed by atoms with E-state index in [2.05, 4.69) is 9.97 Å². The van der Waals surface area contributed by atoms with Gasteiger partial charge in [-0.05, 0) is 13.0 Å². The fourth-order valence-electron chi connectivity index (χ4n) is 1.74. The van der Waals surface area contributed by atoms with E-state index in [0.29, 0.717) is 11.0 Å². The van der Waals surface area contributed by atoms with E-state index in [0.717, 1.165) is 5.69 Å². The molecule has 0 bridgehead atoms. The molecule has 7 heteroatoms. The van der Waals surface area contributed by atoms with E-state index in [-0.39, 0.29) is 31.4 Å². The average molecular weight is 269 g/mol. The summed E-state index contributed by atoms with van der Waals surface area (Å²) in [4.78, 5) is 34.4. The van der Waals surface area contributed by atoms with Gasteiger partial charge in [0.1, 0.15) is 17.5 Å². The SMILES string of the molecule is Cc1cc(Cl)nc(CN2CC(=O)N(C)CC2=O)n1. The number of aryl methyl sites for hydroxylation is 1. The van der Waals surface area contributed by atoms with Gasteiger partial charge >= 0.3 is 0 Å². The minimum atomic E-state index is -0.113. The zero-order chi connectivity index (χ0) is 13.3. The molecule has 1 fully saturated rings. The molecule has 0 aliphatic carbocycles. The molecule has 96 valence electrons. The van der Waals surface area contributed by atoms with Crippen molar-refractivity contribution in [1.82, 2.24) is 19.8 Å². The average Bonchev–Trinajstić information content (AvgIpc) is 2.24. The fourth-order valence-corrected chi connectivity index (χ4v) is 1.99. The number of hydrogen-bond acceptors (Lipinski definition) is 4.